The van der Waals surface area contributed by atoms with Crippen molar-refractivity contribution in [2.45, 2.75) is 25.1 Å². The highest BCUT2D eigenvalue weighted by atomic mass is 32.1. The molecule has 1 aliphatic heterocycles. The van der Waals surface area contributed by atoms with Crippen LogP contribution in [0.2, 0.25) is 0 Å². The number of nitrogens with one attached hydrogen (secondary N) is 1. The second kappa shape index (κ2) is 6.80. The van der Waals surface area contributed by atoms with Gasteiger partial charge < -0.3 is 10.2 Å². The molecule has 2 aromatic rings. The third-order valence-electron chi connectivity index (χ3n) is 3.87. The van der Waals surface area contributed by atoms with E-state index in [-0.39, 0.29) is 11.9 Å². The third kappa shape index (κ3) is 4.05. The molecule has 128 valence electrons. The first-order chi connectivity index (χ1) is 11.4. The number of thiophene rings is 1. The van der Waals surface area contributed by atoms with E-state index in [0.717, 1.165) is 23.6 Å². The number of amides is 1. The lowest BCUT2D eigenvalue weighted by Crippen LogP contribution is -2.38. The fourth-order valence-electron chi connectivity index (χ4n) is 2.68. The Morgan fingerprint density at radius 2 is 2.21 bits per heavy atom. The number of alkyl halides is 3. The fourth-order valence-corrected chi connectivity index (χ4v) is 3.38. The van der Waals surface area contributed by atoms with Crippen LogP contribution in [0.5, 0.6) is 0 Å². The highest BCUT2D eigenvalue weighted by Crippen LogP contribution is 2.29. The van der Waals surface area contributed by atoms with E-state index in [1.807, 2.05) is 22.4 Å². The average molecular weight is 355 g/mol. The van der Waals surface area contributed by atoms with Gasteiger partial charge in [0.25, 0.3) is 0 Å². The summed E-state index contributed by atoms with van der Waals surface area (Å²) in [5.41, 5.74) is -0.758. The summed E-state index contributed by atoms with van der Waals surface area (Å²) >= 11 is 1.54. The molecule has 1 atom stereocenters. The van der Waals surface area contributed by atoms with Crippen LogP contribution in [0.1, 0.15) is 16.9 Å². The molecule has 1 aliphatic rings. The Hall–Kier alpha value is -2.09. The molecule has 0 saturated carbocycles. The van der Waals surface area contributed by atoms with Gasteiger partial charge in [0.1, 0.15) is 5.82 Å². The molecular formula is C16H16F3N3OS. The van der Waals surface area contributed by atoms with Crippen LogP contribution in [0.15, 0.2) is 35.8 Å². The van der Waals surface area contributed by atoms with Crippen LogP contribution in [0.4, 0.5) is 19.0 Å². The lowest BCUT2D eigenvalue weighted by atomic mass is 10.2. The summed E-state index contributed by atoms with van der Waals surface area (Å²) in [6.07, 6.45) is -2.43. The summed E-state index contributed by atoms with van der Waals surface area (Å²) in [6, 6.07) is 6.21. The molecule has 0 aliphatic carbocycles. The molecule has 3 rings (SSSR count). The number of pyridine rings is 1. The summed E-state index contributed by atoms with van der Waals surface area (Å²) in [5.74, 6) is 0.461. The topological polar surface area (TPSA) is 45.2 Å². The molecule has 1 amide bonds. The van der Waals surface area contributed by atoms with Gasteiger partial charge >= 0.3 is 6.18 Å². The van der Waals surface area contributed by atoms with Gasteiger partial charge in [-0.15, -0.1) is 11.3 Å². The Kier molecular flexibility index (Phi) is 4.75. The molecule has 0 radical (unpaired) electrons. The van der Waals surface area contributed by atoms with Crippen molar-refractivity contribution in [3.8, 4) is 0 Å². The number of rotatable bonds is 4. The lowest BCUT2D eigenvalue weighted by Gasteiger charge is -2.18. The van der Waals surface area contributed by atoms with E-state index in [4.69, 9.17) is 0 Å². The molecule has 1 saturated heterocycles. The number of aromatic nitrogens is 1. The van der Waals surface area contributed by atoms with Gasteiger partial charge in [-0.3, -0.25) is 4.79 Å². The first kappa shape index (κ1) is 16.8. The Balaban J connectivity index is 1.54. The van der Waals surface area contributed by atoms with Crippen LogP contribution < -0.4 is 10.2 Å². The van der Waals surface area contributed by atoms with Crippen molar-refractivity contribution in [3.63, 3.8) is 0 Å². The van der Waals surface area contributed by atoms with Gasteiger partial charge in [0.15, 0.2) is 0 Å². The van der Waals surface area contributed by atoms with E-state index in [1.54, 1.807) is 0 Å². The second-order valence-electron chi connectivity index (χ2n) is 5.66. The first-order valence-corrected chi connectivity index (χ1v) is 8.40. The summed E-state index contributed by atoms with van der Waals surface area (Å²) in [5, 5.41) is 4.90. The zero-order chi connectivity index (χ0) is 17.2. The van der Waals surface area contributed by atoms with Gasteiger partial charge in [-0.25, -0.2) is 4.98 Å². The summed E-state index contributed by atoms with van der Waals surface area (Å²) in [7, 11) is 0. The Morgan fingerprint density at radius 1 is 1.38 bits per heavy atom. The molecule has 0 aromatic carbocycles. The van der Waals surface area contributed by atoms with Crippen molar-refractivity contribution < 1.29 is 18.0 Å². The molecule has 3 heterocycles. The van der Waals surface area contributed by atoms with Crippen LogP contribution in [0.25, 0.3) is 0 Å². The van der Waals surface area contributed by atoms with Crippen LogP contribution in [-0.4, -0.2) is 30.0 Å². The smallest absolute Gasteiger partial charge is 0.354 e. The predicted octanol–water partition coefficient (Wildman–Crippen LogP) is 3.10. The SMILES string of the molecule is O=C(Cc1cccs1)NC1CCN(c2ccc(C(F)(F)F)cn2)C1. The predicted molar refractivity (Wildman–Crippen MR) is 86.0 cm³/mol. The minimum Gasteiger partial charge on any atom is -0.354 e. The molecule has 0 bridgehead atoms. The second-order valence-corrected chi connectivity index (χ2v) is 6.69. The summed E-state index contributed by atoms with van der Waals surface area (Å²) in [6.45, 7) is 1.21. The molecule has 2 aromatic heterocycles. The van der Waals surface area contributed by atoms with Crippen molar-refractivity contribution in [2.75, 3.05) is 18.0 Å². The number of carbonyl (C=O) groups excluding carboxylic acids is 1. The van der Waals surface area contributed by atoms with Crippen molar-refractivity contribution in [2.24, 2.45) is 0 Å². The maximum atomic E-state index is 12.6. The van der Waals surface area contributed by atoms with Crippen LogP contribution in [-0.2, 0) is 17.4 Å². The van der Waals surface area contributed by atoms with E-state index in [2.05, 4.69) is 10.3 Å². The standard InChI is InChI=1S/C16H16F3N3OS/c17-16(18,19)11-3-4-14(20-9-11)22-6-5-12(10-22)21-15(23)8-13-2-1-7-24-13/h1-4,7,9,12H,5-6,8,10H2,(H,21,23). The van der Waals surface area contributed by atoms with E-state index in [0.29, 0.717) is 25.3 Å². The quantitative estimate of drug-likeness (QED) is 0.917. The van der Waals surface area contributed by atoms with E-state index in [9.17, 15) is 18.0 Å². The molecule has 1 N–H and O–H groups in total. The fraction of sp³-hybridized carbons (Fsp3) is 0.375. The monoisotopic (exact) mass is 355 g/mol. The van der Waals surface area contributed by atoms with Crippen molar-refractivity contribution >= 4 is 23.1 Å². The summed E-state index contributed by atoms with van der Waals surface area (Å²) < 4.78 is 37.7. The van der Waals surface area contributed by atoms with Gasteiger partial charge in [0.2, 0.25) is 5.91 Å². The minimum absolute atomic E-state index is 0.0124. The molecule has 24 heavy (non-hydrogen) atoms. The largest absolute Gasteiger partial charge is 0.417 e. The van der Waals surface area contributed by atoms with Crippen LogP contribution in [0.3, 0.4) is 0 Å². The number of halogens is 3. The highest BCUT2D eigenvalue weighted by molar-refractivity contribution is 7.10. The molecule has 4 nitrogen and oxygen atoms in total. The Morgan fingerprint density at radius 3 is 2.83 bits per heavy atom. The van der Waals surface area contributed by atoms with Crippen LogP contribution in [0, 0.1) is 0 Å². The maximum absolute atomic E-state index is 12.6. The van der Waals surface area contributed by atoms with E-state index >= 15 is 0 Å². The molecule has 0 spiro atoms. The van der Waals surface area contributed by atoms with Crippen molar-refractivity contribution in [3.05, 3.63) is 46.3 Å². The van der Waals surface area contributed by atoms with Crippen molar-refractivity contribution in [1.82, 2.24) is 10.3 Å². The zero-order valence-corrected chi connectivity index (χ0v) is 13.5. The number of hydrogen-bond donors (Lipinski definition) is 1. The number of carbonyl (C=O) groups is 1. The van der Waals surface area contributed by atoms with Crippen molar-refractivity contribution in [1.29, 1.82) is 0 Å². The number of anilines is 1. The zero-order valence-electron chi connectivity index (χ0n) is 12.7. The number of hydrogen-bond acceptors (Lipinski definition) is 4. The van der Waals surface area contributed by atoms with Gasteiger partial charge in [-0.05, 0) is 30.0 Å². The molecule has 1 unspecified atom stereocenters. The van der Waals surface area contributed by atoms with E-state index < -0.39 is 11.7 Å². The normalized spacial score (nSPS) is 18.0. The lowest BCUT2D eigenvalue weighted by molar-refractivity contribution is -0.137. The molecule has 8 heteroatoms. The molecular weight excluding hydrogens is 339 g/mol. The Labute approximate surface area is 141 Å². The third-order valence-corrected chi connectivity index (χ3v) is 4.74. The van der Waals surface area contributed by atoms with Gasteiger partial charge in [-0.1, -0.05) is 6.07 Å². The highest BCUT2D eigenvalue weighted by Gasteiger charge is 2.31. The average Bonchev–Trinajstić information content (AvgIpc) is 3.18. The maximum Gasteiger partial charge on any atom is 0.417 e. The van der Waals surface area contributed by atoms with Gasteiger partial charge in [0, 0.05) is 30.2 Å². The molecule has 1 fully saturated rings. The van der Waals surface area contributed by atoms with Crippen LogP contribution >= 0.6 is 11.3 Å². The Bertz CT molecular complexity index is 686. The number of nitrogens with zero attached hydrogens (tertiary/aromatic N) is 2. The first-order valence-electron chi connectivity index (χ1n) is 7.52. The van der Waals surface area contributed by atoms with Gasteiger partial charge in [-0.2, -0.15) is 13.2 Å². The van der Waals surface area contributed by atoms with Gasteiger partial charge in [0.05, 0.1) is 12.0 Å². The minimum atomic E-state index is -4.38. The van der Waals surface area contributed by atoms with E-state index in [1.165, 1.54) is 17.4 Å². The summed E-state index contributed by atoms with van der Waals surface area (Å²) in [4.78, 5) is 18.8.